The van der Waals surface area contributed by atoms with E-state index < -0.39 is 35.0 Å². The summed E-state index contributed by atoms with van der Waals surface area (Å²) in [5.41, 5.74) is 6.00. The Kier molecular flexibility index (Phi) is 18.5. The first-order valence-corrected chi connectivity index (χ1v) is 16.4. The van der Waals surface area contributed by atoms with E-state index in [1.165, 1.54) is 24.3 Å². The van der Waals surface area contributed by atoms with Gasteiger partial charge in [0.15, 0.2) is 5.78 Å². The van der Waals surface area contributed by atoms with Crippen LogP contribution in [0.4, 0.5) is 21.0 Å². The van der Waals surface area contributed by atoms with Crippen LogP contribution in [-0.4, -0.2) is 73.7 Å². The van der Waals surface area contributed by atoms with Gasteiger partial charge in [0.05, 0.1) is 30.8 Å². The molecule has 0 saturated heterocycles. The number of ether oxygens (including phenoxy) is 4. The van der Waals surface area contributed by atoms with Gasteiger partial charge >= 0.3 is 12.2 Å². The molecule has 0 unspecified atom stereocenters. The van der Waals surface area contributed by atoms with Crippen LogP contribution in [0.15, 0.2) is 48.5 Å². The number of benzene rings is 2. The van der Waals surface area contributed by atoms with Gasteiger partial charge in [-0.15, -0.1) is 0 Å². The maximum Gasteiger partial charge on any atom is 0.514 e. The highest BCUT2D eigenvalue weighted by atomic mass is 16.7. The minimum absolute atomic E-state index is 0.0645. The van der Waals surface area contributed by atoms with Gasteiger partial charge in [-0.25, -0.2) is 9.59 Å². The molecule has 2 atom stereocenters. The lowest BCUT2D eigenvalue weighted by atomic mass is 9.89. The number of hydrogen-bond donors (Lipinski definition) is 4. The third-order valence-corrected chi connectivity index (χ3v) is 7.20. The number of anilines is 1. The maximum absolute atomic E-state index is 13.4. The van der Waals surface area contributed by atoms with Crippen LogP contribution in [0, 0.1) is 22.0 Å². The lowest BCUT2D eigenvalue weighted by Crippen LogP contribution is -2.45. The maximum atomic E-state index is 13.4. The molecule has 0 aromatic heterocycles. The van der Waals surface area contributed by atoms with Gasteiger partial charge in [-0.05, 0) is 55.0 Å². The Morgan fingerprint density at radius 3 is 2.18 bits per heavy atom. The summed E-state index contributed by atoms with van der Waals surface area (Å²) in [5.74, 6) is -2.02. The number of non-ortho nitro benzene ring substituents is 1. The van der Waals surface area contributed by atoms with Crippen molar-refractivity contribution in [3.8, 4) is 5.75 Å². The molecule has 0 spiro atoms. The summed E-state index contributed by atoms with van der Waals surface area (Å²) < 4.78 is 20.9. The average molecular weight is 702 g/mol. The summed E-state index contributed by atoms with van der Waals surface area (Å²) in [4.78, 5) is 72.7. The van der Waals surface area contributed by atoms with E-state index >= 15 is 0 Å². The van der Waals surface area contributed by atoms with Crippen molar-refractivity contribution in [3.05, 3.63) is 64.2 Å². The SMILES string of the molecule is CCCOCCOCCC(=O)N[C@H](C(=O)C[C@@H](CCCNC(N)=O)C(=O)Nc1ccc(COC(=O)Oc2ccc([N+](=O)[O-])cc2)cc1)C(C)C. The van der Waals surface area contributed by atoms with Crippen molar-refractivity contribution < 1.29 is 47.8 Å². The number of carbonyl (C=O) groups is 5. The van der Waals surface area contributed by atoms with Crippen LogP contribution in [0.2, 0.25) is 0 Å². The van der Waals surface area contributed by atoms with E-state index in [0.29, 0.717) is 37.5 Å². The molecule has 2 rings (SSSR count). The molecule has 50 heavy (non-hydrogen) atoms. The molecule has 0 aliphatic rings. The molecule has 0 aliphatic heterocycles. The molecule has 16 nitrogen and oxygen atoms in total. The number of urea groups is 1. The molecule has 0 radical (unpaired) electrons. The normalized spacial score (nSPS) is 12.0. The summed E-state index contributed by atoms with van der Waals surface area (Å²) in [6, 6.07) is 9.85. The van der Waals surface area contributed by atoms with Gasteiger partial charge in [0.25, 0.3) is 5.69 Å². The van der Waals surface area contributed by atoms with Crippen molar-refractivity contribution in [2.24, 2.45) is 17.6 Å². The zero-order valence-corrected chi connectivity index (χ0v) is 28.6. The fourth-order valence-electron chi connectivity index (χ4n) is 4.58. The third kappa shape index (κ3) is 16.3. The van der Waals surface area contributed by atoms with Crippen LogP contribution >= 0.6 is 0 Å². The summed E-state index contributed by atoms with van der Waals surface area (Å²) in [6.45, 7) is 7.28. The molecule has 4 amide bonds. The van der Waals surface area contributed by atoms with Crippen LogP contribution in [0.3, 0.4) is 0 Å². The highest BCUT2D eigenvalue weighted by Crippen LogP contribution is 2.21. The number of nitrogens with two attached hydrogens (primary N) is 1. The first kappa shape index (κ1) is 41.1. The number of nitrogens with one attached hydrogen (secondary N) is 3. The molecule has 0 heterocycles. The number of nitrogens with zero attached hydrogens (tertiary/aromatic N) is 1. The molecule has 16 heteroatoms. The number of nitro benzene ring substituents is 1. The van der Waals surface area contributed by atoms with Crippen LogP contribution in [0.5, 0.6) is 5.75 Å². The number of nitro groups is 1. The summed E-state index contributed by atoms with van der Waals surface area (Å²) in [7, 11) is 0. The zero-order valence-electron chi connectivity index (χ0n) is 28.6. The Hall–Kier alpha value is -5.09. The standard InChI is InChI=1S/C34H47N5O11/c1-4-17-47-19-20-48-18-15-30(41)38-31(23(2)3)29(40)21-25(6-5-16-36-33(35)43)32(42)37-26-9-7-24(8-10-26)22-49-34(44)50-28-13-11-27(12-14-28)39(45)46/h7-14,23,25,31H,4-6,15-22H2,1-3H3,(H,37,42)(H,38,41)(H3,35,36,43)/t25-,31+/m1/s1. The Bertz CT molecular complexity index is 1400. The summed E-state index contributed by atoms with van der Waals surface area (Å²) in [6.07, 6.45) is 0.438. The van der Waals surface area contributed by atoms with Crippen molar-refractivity contribution >= 4 is 41.2 Å². The van der Waals surface area contributed by atoms with E-state index in [4.69, 9.17) is 24.7 Å². The van der Waals surface area contributed by atoms with Crippen molar-refractivity contribution in [2.45, 2.75) is 65.5 Å². The predicted molar refractivity (Wildman–Crippen MR) is 182 cm³/mol. The lowest BCUT2D eigenvalue weighted by Gasteiger charge is -2.24. The van der Waals surface area contributed by atoms with Crippen molar-refractivity contribution in [2.75, 3.05) is 38.3 Å². The molecule has 274 valence electrons. The number of carbonyl (C=O) groups excluding carboxylic acids is 5. The number of amides is 4. The van der Waals surface area contributed by atoms with Gasteiger partial charge in [-0.1, -0.05) is 32.9 Å². The second kappa shape index (κ2) is 22.5. The minimum Gasteiger partial charge on any atom is -0.429 e. The van der Waals surface area contributed by atoms with E-state index in [2.05, 4.69) is 16.0 Å². The van der Waals surface area contributed by atoms with Crippen molar-refractivity contribution in [1.29, 1.82) is 0 Å². The second-order valence-corrected chi connectivity index (χ2v) is 11.6. The molecule has 0 saturated carbocycles. The van der Waals surface area contributed by atoms with Crippen molar-refractivity contribution in [1.82, 2.24) is 10.6 Å². The molecule has 2 aromatic rings. The van der Waals surface area contributed by atoms with E-state index in [9.17, 15) is 34.1 Å². The molecular formula is C34H47N5O11. The van der Waals surface area contributed by atoms with Gasteiger partial charge in [0, 0.05) is 49.7 Å². The molecule has 2 aromatic carbocycles. The van der Waals surface area contributed by atoms with Gasteiger partial charge in [-0.2, -0.15) is 0 Å². The molecular weight excluding hydrogens is 654 g/mol. The highest BCUT2D eigenvalue weighted by molar-refractivity contribution is 5.97. The number of hydrogen-bond acceptors (Lipinski definition) is 11. The Labute approximate surface area is 290 Å². The number of Topliss-reactive ketones (excluding diaryl/α,β-unsaturated/α-hetero) is 1. The van der Waals surface area contributed by atoms with E-state index in [1.54, 1.807) is 38.1 Å². The molecule has 5 N–H and O–H groups in total. The number of primary amides is 1. The van der Waals surface area contributed by atoms with Crippen LogP contribution in [-0.2, 0) is 35.2 Å². The number of rotatable bonds is 23. The minimum atomic E-state index is -1.01. The van der Waals surface area contributed by atoms with Crippen LogP contribution in [0.25, 0.3) is 0 Å². The van der Waals surface area contributed by atoms with Gasteiger partial charge in [0.2, 0.25) is 11.8 Å². The second-order valence-electron chi connectivity index (χ2n) is 11.6. The molecule has 0 bridgehead atoms. The van der Waals surface area contributed by atoms with Gasteiger partial charge in [0.1, 0.15) is 12.4 Å². The third-order valence-electron chi connectivity index (χ3n) is 7.20. The first-order valence-electron chi connectivity index (χ1n) is 16.4. The van der Waals surface area contributed by atoms with E-state index in [-0.39, 0.29) is 68.1 Å². The monoisotopic (exact) mass is 701 g/mol. The topological polar surface area (TPSA) is 228 Å². The van der Waals surface area contributed by atoms with E-state index in [1.807, 2.05) is 6.92 Å². The predicted octanol–water partition coefficient (Wildman–Crippen LogP) is 4.25. The lowest BCUT2D eigenvalue weighted by molar-refractivity contribution is -0.384. The summed E-state index contributed by atoms with van der Waals surface area (Å²) >= 11 is 0. The average Bonchev–Trinajstić information content (AvgIpc) is 3.07. The Morgan fingerprint density at radius 1 is 0.920 bits per heavy atom. The smallest absolute Gasteiger partial charge is 0.429 e. The highest BCUT2D eigenvalue weighted by Gasteiger charge is 2.29. The van der Waals surface area contributed by atoms with Gasteiger partial charge in [-0.3, -0.25) is 24.5 Å². The quantitative estimate of drug-likeness (QED) is 0.0421. The first-order chi connectivity index (χ1) is 23.9. The Balaban J connectivity index is 1.95. The summed E-state index contributed by atoms with van der Waals surface area (Å²) in [5, 5.41) is 18.8. The molecule has 0 aliphatic carbocycles. The van der Waals surface area contributed by atoms with Crippen molar-refractivity contribution in [3.63, 3.8) is 0 Å². The Morgan fingerprint density at radius 2 is 1.58 bits per heavy atom. The van der Waals surface area contributed by atoms with Crippen LogP contribution in [0.1, 0.15) is 58.4 Å². The van der Waals surface area contributed by atoms with E-state index in [0.717, 1.165) is 6.42 Å². The zero-order chi connectivity index (χ0) is 36.9. The number of ketones is 1. The largest absolute Gasteiger partial charge is 0.514 e. The van der Waals surface area contributed by atoms with Gasteiger partial charge < -0.3 is 40.6 Å². The molecule has 0 fully saturated rings. The fourth-order valence-corrected chi connectivity index (χ4v) is 4.58. The fraction of sp³-hybridized carbons (Fsp3) is 0.500. The van der Waals surface area contributed by atoms with Crippen LogP contribution < -0.4 is 26.4 Å².